The van der Waals surface area contributed by atoms with Crippen molar-refractivity contribution in [3.05, 3.63) is 88.7 Å². The van der Waals surface area contributed by atoms with E-state index in [4.69, 9.17) is 0 Å². The Morgan fingerprint density at radius 2 is 1.85 bits per heavy atom. The number of hydrogen-bond donors (Lipinski definition) is 1. The lowest BCUT2D eigenvalue weighted by Crippen LogP contribution is -2.33. The summed E-state index contributed by atoms with van der Waals surface area (Å²) in [5.41, 5.74) is 1.71. The highest BCUT2D eigenvalue weighted by atomic mass is 19.1. The van der Waals surface area contributed by atoms with Gasteiger partial charge in [0.05, 0.1) is 18.1 Å². The molecule has 3 rings (SSSR count). The van der Waals surface area contributed by atoms with Crippen LogP contribution in [0.25, 0.3) is 11.3 Å². The molecule has 1 atom stereocenters. The second-order valence-corrected chi connectivity index (χ2v) is 5.95. The Morgan fingerprint density at radius 3 is 2.50 bits per heavy atom. The Bertz CT molecular complexity index is 953. The van der Waals surface area contributed by atoms with Crippen molar-refractivity contribution >= 4 is 5.91 Å². The van der Waals surface area contributed by atoms with Gasteiger partial charge in [-0.1, -0.05) is 30.3 Å². The fourth-order valence-electron chi connectivity index (χ4n) is 2.59. The van der Waals surface area contributed by atoms with Crippen LogP contribution < -0.4 is 10.9 Å². The summed E-state index contributed by atoms with van der Waals surface area (Å²) in [6.07, 6.45) is 1.33. The normalized spacial score (nSPS) is 11.8. The molecule has 6 heteroatoms. The lowest BCUT2D eigenvalue weighted by atomic mass is 10.1. The van der Waals surface area contributed by atoms with E-state index >= 15 is 0 Å². The van der Waals surface area contributed by atoms with Gasteiger partial charge in [-0.3, -0.25) is 14.2 Å². The van der Waals surface area contributed by atoms with Crippen LogP contribution in [0, 0.1) is 5.82 Å². The van der Waals surface area contributed by atoms with Crippen molar-refractivity contribution in [3.8, 4) is 11.3 Å². The minimum absolute atomic E-state index is 0.118. The highest BCUT2D eigenvalue weighted by molar-refractivity contribution is 5.76. The lowest BCUT2D eigenvalue weighted by Gasteiger charge is -2.14. The van der Waals surface area contributed by atoms with Crippen molar-refractivity contribution in [1.29, 1.82) is 0 Å². The fraction of sp³-hybridized carbons (Fsp3) is 0.150. The number of nitrogens with zero attached hydrogens (tertiary/aromatic N) is 2. The van der Waals surface area contributed by atoms with E-state index in [2.05, 4.69) is 10.3 Å². The summed E-state index contributed by atoms with van der Waals surface area (Å²) in [6, 6.07) is 16.5. The highest BCUT2D eigenvalue weighted by Gasteiger charge is 2.11. The zero-order valence-electron chi connectivity index (χ0n) is 14.2. The summed E-state index contributed by atoms with van der Waals surface area (Å²) in [5, 5.41) is 2.86. The molecule has 5 nitrogen and oxygen atoms in total. The second-order valence-electron chi connectivity index (χ2n) is 5.95. The number of halogens is 1. The molecular weight excluding hydrogens is 333 g/mol. The molecule has 1 N–H and O–H groups in total. The Labute approximate surface area is 150 Å². The minimum atomic E-state index is -0.355. The first-order chi connectivity index (χ1) is 12.5. The number of amides is 1. The second kappa shape index (κ2) is 7.74. The largest absolute Gasteiger partial charge is 0.348 e. The van der Waals surface area contributed by atoms with Gasteiger partial charge in [0, 0.05) is 11.6 Å². The fourth-order valence-corrected chi connectivity index (χ4v) is 2.59. The van der Waals surface area contributed by atoms with Crippen LogP contribution >= 0.6 is 0 Å². The average molecular weight is 351 g/mol. The van der Waals surface area contributed by atoms with E-state index in [-0.39, 0.29) is 29.9 Å². The molecule has 132 valence electrons. The van der Waals surface area contributed by atoms with E-state index in [1.807, 2.05) is 37.3 Å². The molecule has 0 fully saturated rings. The predicted octanol–water partition coefficient (Wildman–Crippen LogP) is 2.93. The Morgan fingerprint density at radius 1 is 1.15 bits per heavy atom. The molecule has 0 aliphatic carbocycles. The summed E-state index contributed by atoms with van der Waals surface area (Å²) in [5.74, 6) is -0.633. The molecule has 0 unspecified atom stereocenters. The number of hydrogen-bond acceptors (Lipinski definition) is 3. The molecule has 1 amide bonds. The molecule has 0 saturated carbocycles. The summed E-state index contributed by atoms with van der Waals surface area (Å²) in [7, 11) is 0. The van der Waals surface area contributed by atoms with E-state index in [9.17, 15) is 14.0 Å². The number of nitrogens with one attached hydrogen (secondary N) is 1. The van der Waals surface area contributed by atoms with Gasteiger partial charge in [0.15, 0.2) is 0 Å². The monoisotopic (exact) mass is 351 g/mol. The van der Waals surface area contributed by atoms with Crippen LogP contribution in [0.1, 0.15) is 18.5 Å². The van der Waals surface area contributed by atoms with E-state index in [0.717, 1.165) is 5.56 Å². The van der Waals surface area contributed by atoms with Gasteiger partial charge in [-0.15, -0.1) is 0 Å². The first-order valence-electron chi connectivity index (χ1n) is 8.19. The maximum Gasteiger partial charge on any atom is 0.254 e. The van der Waals surface area contributed by atoms with Crippen molar-refractivity contribution in [2.45, 2.75) is 19.5 Å². The van der Waals surface area contributed by atoms with E-state index in [0.29, 0.717) is 11.3 Å². The third-order valence-electron chi connectivity index (χ3n) is 4.01. The SMILES string of the molecule is C[C@@H](NC(=O)Cn1cnc(-c2ccc(F)cc2)cc1=O)c1ccccc1. The quantitative estimate of drug-likeness (QED) is 0.769. The van der Waals surface area contributed by atoms with Gasteiger partial charge in [0.25, 0.3) is 5.56 Å². The molecule has 3 aromatic rings. The first-order valence-corrected chi connectivity index (χ1v) is 8.19. The molecule has 26 heavy (non-hydrogen) atoms. The Kier molecular flexibility index (Phi) is 5.22. The molecule has 0 bridgehead atoms. The molecule has 0 saturated heterocycles. The van der Waals surface area contributed by atoms with Crippen LogP contribution in [0.5, 0.6) is 0 Å². The molecule has 0 radical (unpaired) electrons. The summed E-state index contributed by atoms with van der Waals surface area (Å²) < 4.78 is 14.2. The van der Waals surface area contributed by atoms with Crippen LogP contribution in [0.15, 0.2) is 71.8 Å². The van der Waals surface area contributed by atoms with Gasteiger partial charge in [0.1, 0.15) is 12.4 Å². The molecule has 0 aliphatic rings. The summed E-state index contributed by atoms with van der Waals surface area (Å²) in [6.45, 7) is 1.76. The summed E-state index contributed by atoms with van der Waals surface area (Å²) >= 11 is 0. The van der Waals surface area contributed by atoms with Crippen LogP contribution in [0.4, 0.5) is 4.39 Å². The number of carbonyl (C=O) groups is 1. The molecule has 0 spiro atoms. The van der Waals surface area contributed by atoms with E-state index in [1.165, 1.54) is 29.1 Å². The number of rotatable bonds is 5. The van der Waals surface area contributed by atoms with Crippen molar-refractivity contribution in [3.63, 3.8) is 0 Å². The topological polar surface area (TPSA) is 64.0 Å². The first kappa shape index (κ1) is 17.5. The molecule has 1 heterocycles. The van der Waals surface area contributed by atoms with Gasteiger partial charge in [0.2, 0.25) is 5.91 Å². The van der Waals surface area contributed by atoms with Crippen molar-refractivity contribution < 1.29 is 9.18 Å². The average Bonchev–Trinajstić information content (AvgIpc) is 2.64. The van der Waals surface area contributed by atoms with E-state index in [1.54, 1.807) is 12.1 Å². The zero-order chi connectivity index (χ0) is 18.5. The minimum Gasteiger partial charge on any atom is -0.348 e. The van der Waals surface area contributed by atoms with Gasteiger partial charge < -0.3 is 5.32 Å². The van der Waals surface area contributed by atoms with Crippen LogP contribution in [-0.2, 0) is 11.3 Å². The summed E-state index contributed by atoms with van der Waals surface area (Å²) in [4.78, 5) is 28.6. The third-order valence-corrected chi connectivity index (χ3v) is 4.01. The van der Waals surface area contributed by atoms with Crippen LogP contribution in [0.3, 0.4) is 0 Å². The van der Waals surface area contributed by atoms with Gasteiger partial charge in [-0.05, 0) is 36.8 Å². The van der Waals surface area contributed by atoms with Gasteiger partial charge >= 0.3 is 0 Å². The highest BCUT2D eigenvalue weighted by Crippen LogP contribution is 2.15. The smallest absolute Gasteiger partial charge is 0.254 e. The number of benzene rings is 2. The third kappa shape index (κ3) is 4.22. The van der Waals surface area contributed by atoms with Gasteiger partial charge in [-0.25, -0.2) is 9.37 Å². The van der Waals surface area contributed by atoms with Crippen molar-refractivity contribution in [2.75, 3.05) is 0 Å². The van der Waals surface area contributed by atoms with E-state index < -0.39 is 0 Å². The maximum atomic E-state index is 13.0. The standard InChI is InChI=1S/C20H18FN3O2/c1-14(15-5-3-2-4-6-15)23-19(25)12-24-13-22-18(11-20(24)26)16-7-9-17(21)10-8-16/h2-11,13-14H,12H2,1H3,(H,23,25)/t14-/m1/s1. The zero-order valence-corrected chi connectivity index (χ0v) is 14.2. The van der Waals surface area contributed by atoms with Gasteiger partial charge in [-0.2, -0.15) is 0 Å². The Hall–Kier alpha value is -3.28. The number of aromatic nitrogens is 2. The van der Waals surface area contributed by atoms with Crippen molar-refractivity contribution in [2.24, 2.45) is 0 Å². The predicted molar refractivity (Wildman–Crippen MR) is 96.9 cm³/mol. The van der Waals surface area contributed by atoms with Crippen LogP contribution in [0.2, 0.25) is 0 Å². The molecular formula is C20H18FN3O2. The maximum absolute atomic E-state index is 13.0. The molecule has 0 aliphatic heterocycles. The Balaban J connectivity index is 1.69. The lowest BCUT2D eigenvalue weighted by molar-refractivity contribution is -0.122. The molecule has 2 aromatic carbocycles. The number of carbonyl (C=O) groups excluding carboxylic acids is 1. The molecule has 1 aromatic heterocycles. The van der Waals surface area contributed by atoms with Crippen molar-refractivity contribution in [1.82, 2.24) is 14.9 Å². The van der Waals surface area contributed by atoms with Crippen LogP contribution in [-0.4, -0.2) is 15.5 Å².